The van der Waals surface area contributed by atoms with E-state index in [2.05, 4.69) is 17.0 Å². The van der Waals surface area contributed by atoms with Crippen molar-refractivity contribution in [3.63, 3.8) is 0 Å². The molecule has 1 aliphatic heterocycles. The van der Waals surface area contributed by atoms with Crippen molar-refractivity contribution in [3.8, 4) is 0 Å². The zero-order valence-electron chi connectivity index (χ0n) is 11.6. The maximum Gasteiger partial charge on any atom is 0.331 e. The second-order valence-electron chi connectivity index (χ2n) is 5.02. The molecule has 0 radical (unpaired) electrons. The van der Waals surface area contributed by atoms with Crippen LogP contribution < -0.4 is 5.32 Å². The van der Waals surface area contributed by atoms with Crippen LogP contribution in [0, 0.1) is 0 Å². The van der Waals surface area contributed by atoms with Gasteiger partial charge in [0, 0.05) is 10.4 Å². The molecule has 108 valence electrons. The van der Waals surface area contributed by atoms with Gasteiger partial charge in [0.15, 0.2) is 6.04 Å². The van der Waals surface area contributed by atoms with Crippen LogP contribution in [0.2, 0.25) is 5.02 Å². The highest BCUT2D eigenvalue weighted by molar-refractivity contribution is 6.30. The topological polar surface area (TPSA) is 50.7 Å². The summed E-state index contributed by atoms with van der Waals surface area (Å²) >= 11 is 5.96. The van der Waals surface area contributed by atoms with Gasteiger partial charge in [0.25, 0.3) is 0 Å². The van der Waals surface area contributed by atoms with Gasteiger partial charge in [-0.1, -0.05) is 23.7 Å². The zero-order valence-corrected chi connectivity index (χ0v) is 12.3. The van der Waals surface area contributed by atoms with Crippen molar-refractivity contribution < 1.29 is 9.53 Å². The molecule has 0 spiro atoms. The minimum Gasteiger partial charge on any atom is -0.467 e. The zero-order chi connectivity index (χ0) is 14.6. The number of piperidine rings is 1. The minimum atomic E-state index is -0.587. The predicted octanol–water partition coefficient (Wildman–Crippen LogP) is 2.20. The lowest BCUT2D eigenvalue weighted by Gasteiger charge is -2.41. The van der Waals surface area contributed by atoms with Crippen molar-refractivity contribution in [1.82, 2.24) is 5.32 Å². The van der Waals surface area contributed by atoms with Crippen LogP contribution >= 0.6 is 11.6 Å². The van der Waals surface area contributed by atoms with Gasteiger partial charge >= 0.3 is 5.97 Å². The van der Waals surface area contributed by atoms with E-state index in [0.717, 1.165) is 31.5 Å². The summed E-state index contributed by atoms with van der Waals surface area (Å²) in [6, 6.07) is 7.04. The first-order valence-corrected chi connectivity index (χ1v) is 7.02. The third-order valence-electron chi connectivity index (χ3n) is 4.05. The molecule has 1 aromatic rings. The second kappa shape index (κ2) is 6.37. The Balaban J connectivity index is 2.46. The smallest absolute Gasteiger partial charge is 0.331 e. The molecule has 0 saturated carbocycles. The van der Waals surface area contributed by atoms with Crippen molar-refractivity contribution in [2.75, 3.05) is 20.2 Å². The summed E-state index contributed by atoms with van der Waals surface area (Å²) in [6.45, 7) is 5.27. The summed E-state index contributed by atoms with van der Waals surface area (Å²) < 4.78 is 4.91. The van der Waals surface area contributed by atoms with E-state index in [1.807, 2.05) is 24.3 Å². The third kappa shape index (κ3) is 2.72. The lowest BCUT2D eigenvalue weighted by molar-refractivity contribution is -0.144. The molecule has 1 N–H and O–H groups in total. The van der Waals surface area contributed by atoms with Gasteiger partial charge in [-0.25, -0.2) is 4.79 Å². The number of hydrogen-bond acceptors (Lipinski definition) is 4. The Labute approximate surface area is 124 Å². The number of halogens is 1. The summed E-state index contributed by atoms with van der Waals surface area (Å²) in [4.78, 5) is 16.2. The molecule has 0 amide bonds. The highest BCUT2D eigenvalue weighted by atomic mass is 35.5. The summed E-state index contributed by atoms with van der Waals surface area (Å²) in [7, 11) is 1.39. The fourth-order valence-corrected chi connectivity index (χ4v) is 3.09. The molecule has 1 fully saturated rings. The van der Waals surface area contributed by atoms with Gasteiger partial charge in [0.1, 0.15) is 0 Å². The molecule has 0 unspecified atom stereocenters. The number of hydrogen-bond donors (Lipinski definition) is 1. The lowest BCUT2D eigenvalue weighted by Crippen LogP contribution is -2.50. The van der Waals surface area contributed by atoms with Crippen molar-refractivity contribution >= 4 is 24.3 Å². The van der Waals surface area contributed by atoms with E-state index in [-0.39, 0.29) is 11.4 Å². The summed E-state index contributed by atoms with van der Waals surface area (Å²) in [5, 5.41) is 4.00. The first-order valence-electron chi connectivity index (χ1n) is 6.64. The van der Waals surface area contributed by atoms with Crippen LogP contribution in [0.4, 0.5) is 0 Å². The Morgan fingerprint density at radius 3 is 2.50 bits per heavy atom. The number of aliphatic imine (C=N–C) groups is 1. The number of esters is 1. The van der Waals surface area contributed by atoms with E-state index >= 15 is 0 Å². The van der Waals surface area contributed by atoms with Crippen LogP contribution in [-0.4, -0.2) is 38.9 Å². The Kier molecular flexibility index (Phi) is 4.78. The highest BCUT2D eigenvalue weighted by Gasteiger charge is 2.45. The van der Waals surface area contributed by atoms with E-state index in [0.29, 0.717) is 5.02 Å². The van der Waals surface area contributed by atoms with Gasteiger partial charge in [-0.05, 0) is 50.3 Å². The number of nitrogens with zero attached hydrogens (tertiary/aromatic N) is 1. The summed E-state index contributed by atoms with van der Waals surface area (Å²) in [5.74, 6) is -0.336. The van der Waals surface area contributed by atoms with Crippen LogP contribution in [0.5, 0.6) is 0 Å². The van der Waals surface area contributed by atoms with Crippen molar-refractivity contribution in [3.05, 3.63) is 34.9 Å². The average Bonchev–Trinajstić information content (AvgIpc) is 2.49. The fraction of sp³-hybridized carbons (Fsp3) is 0.467. The van der Waals surface area contributed by atoms with E-state index in [1.165, 1.54) is 7.11 Å². The van der Waals surface area contributed by atoms with Crippen molar-refractivity contribution in [1.29, 1.82) is 0 Å². The molecule has 1 saturated heterocycles. The van der Waals surface area contributed by atoms with Crippen molar-refractivity contribution in [2.24, 2.45) is 4.99 Å². The normalized spacial score (nSPS) is 19.1. The second-order valence-corrected chi connectivity index (χ2v) is 5.46. The van der Waals surface area contributed by atoms with E-state index in [9.17, 15) is 4.79 Å². The first kappa shape index (κ1) is 15.0. The molecule has 1 aliphatic rings. The molecule has 1 atom stereocenters. The summed E-state index contributed by atoms with van der Waals surface area (Å²) in [5.41, 5.74) is 0.691. The Morgan fingerprint density at radius 1 is 1.40 bits per heavy atom. The summed E-state index contributed by atoms with van der Waals surface area (Å²) in [6.07, 6.45) is 1.63. The molecule has 4 nitrogen and oxygen atoms in total. The molecule has 0 aromatic heterocycles. The quantitative estimate of drug-likeness (QED) is 0.684. The number of ether oxygens (including phenoxy) is 1. The molecule has 20 heavy (non-hydrogen) atoms. The number of nitrogens with one attached hydrogen (secondary N) is 1. The van der Waals surface area contributed by atoms with Gasteiger partial charge in [-0.2, -0.15) is 0 Å². The minimum absolute atomic E-state index is 0.336. The molecular weight excluding hydrogens is 276 g/mol. The fourth-order valence-electron chi connectivity index (χ4n) is 2.96. The lowest BCUT2D eigenvalue weighted by atomic mass is 9.68. The molecule has 0 bridgehead atoms. The molecule has 0 aliphatic carbocycles. The van der Waals surface area contributed by atoms with E-state index in [4.69, 9.17) is 16.3 Å². The molecule has 1 heterocycles. The SMILES string of the molecule is C=N[C@H](C(=O)OC)C1(c2ccc(Cl)cc2)CCNCC1. The number of carbonyl (C=O) groups excluding carboxylic acids is 1. The van der Waals surface area contributed by atoms with Crippen LogP contribution in [0.3, 0.4) is 0 Å². The predicted molar refractivity (Wildman–Crippen MR) is 80.6 cm³/mol. The van der Waals surface area contributed by atoms with Crippen molar-refractivity contribution in [2.45, 2.75) is 24.3 Å². The average molecular weight is 295 g/mol. The highest BCUT2D eigenvalue weighted by Crippen LogP contribution is 2.39. The number of benzene rings is 1. The maximum absolute atomic E-state index is 12.1. The van der Waals surface area contributed by atoms with Crippen LogP contribution in [0.1, 0.15) is 18.4 Å². The maximum atomic E-state index is 12.1. The van der Waals surface area contributed by atoms with Gasteiger partial charge in [0.05, 0.1) is 7.11 Å². The van der Waals surface area contributed by atoms with Crippen LogP contribution in [0.25, 0.3) is 0 Å². The number of rotatable bonds is 4. The monoisotopic (exact) mass is 294 g/mol. The van der Waals surface area contributed by atoms with E-state index in [1.54, 1.807) is 0 Å². The molecule has 1 aromatic carbocycles. The Bertz CT molecular complexity index is 481. The van der Waals surface area contributed by atoms with Gasteiger partial charge < -0.3 is 10.1 Å². The van der Waals surface area contributed by atoms with Gasteiger partial charge in [0.2, 0.25) is 0 Å². The Hall–Kier alpha value is -1.39. The molecule has 2 rings (SSSR count). The largest absolute Gasteiger partial charge is 0.467 e. The first-order chi connectivity index (χ1) is 9.64. The van der Waals surface area contributed by atoms with E-state index < -0.39 is 6.04 Å². The van der Waals surface area contributed by atoms with Crippen LogP contribution in [0.15, 0.2) is 29.3 Å². The third-order valence-corrected chi connectivity index (χ3v) is 4.30. The van der Waals surface area contributed by atoms with Crippen LogP contribution in [-0.2, 0) is 14.9 Å². The number of carbonyl (C=O) groups is 1. The van der Waals surface area contributed by atoms with Gasteiger partial charge in [-0.3, -0.25) is 4.99 Å². The van der Waals surface area contributed by atoms with Gasteiger partial charge in [-0.15, -0.1) is 0 Å². The number of methoxy groups -OCH3 is 1. The standard InChI is InChI=1S/C15H19ClN2O2/c1-17-13(14(19)20-2)15(7-9-18-10-8-15)11-3-5-12(16)6-4-11/h3-6,13,18H,1,7-10H2,2H3/t13-/m1/s1. The molecular formula is C15H19ClN2O2. The Morgan fingerprint density at radius 2 is 2.00 bits per heavy atom. The molecule has 5 heteroatoms.